The number of benzene rings is 2. The number of likely N-dealkylation sites (tertiary alicyclic amines) is 1. The van der Waals surface area contributed by atoms with E-state index in [0.29, 0.717) is 18.9 Å². The van der Waals surface area contributed by atoms with E-state index in [1.54, 1.807) is 13.2 Å². The number of phenolic OH excluding ortho intramolecular Hbond substituents is 2. The van der Waals surface area contributed by atoms with Gasteiger partial charge < -0.3 is 29.9 Å². The Labute approximate surface area is 184 Å². The van der Waals surface area contributed by atoms with Crippen molar-refractivity contribution in [2.75, 3.05) is 40.3 Å². The molecule has 3 N–H and O–H groups in total. The highest BCUT2D eigenvalue weighted by atomic mass is 16.5. The van der Waals surface area contributed by atoms with E-state index in [1.807, 2.05) is 25.2 Å². The van der Waals surface area contributed by atoms with E-state index >= 15 is 0 Å². The molecule has 4 rings (SSSR count). The SMILES string of the molecule is CNC[C@H]1O[C@@H](C2CCN(CCc3ccc(OC)cc3)CC2)Cc2c1ccc(O)c2O. The van der Waals surface area contributed by atoms with Crippen molar-refractivity contribution in [1.82, 2.24) is 10.2 Å². The molecule has 2 heterocycles. The topological polar surface area (TPSA) is 74.2 Å². The van der Waals surface area contributed by atoms with Crippen molar-refractivity contribution in [2.45, 2.75) is 37.9 Å². The fraction of sp³-hybridized carbons (Fsp3) is 0.520. The number of rotatable bonds is 7. The standard InChI is InChI=1S/C25H34N2O4/c1-26-16-24-20-7-8-22(28)25(29)21(20)15-23(31-24)18-10-13-27(14-11-18)12-9-17-3-5-19(30-2)6-4-17/h3-8,18,23-24,26,28-29H,9-16H2,1-2H3/t23-,24-/m1/s1. The summed E-state index contributed by atoms with van der Waals surface area (Å²) in [6, 6.07) is 11.8. The lowest BCUT2D eigenvalue weighted by atomic mass is 9.83. The third-order valence-electron chi connectivity index (χ3n) is 6.81. The molecule has 0 unspecified atom stereocenters. The molecule has 2 aromatic carbocycles. The van der Waals surface area contributed by atoms with Crippen LogP contribution in [-0.2, 0) is 17.6 Å². The molecule has 0 amide bonds. The van der Waals surface area contributed by atoms with Gasteiger partial charge >= 0.3 is 0 Å². The summed E-state index contributed by atoms with van der Waals surface area (Å²) >= 11 is 0. The summed E-state index contributed by atoms with van der Waals surface area (Å²) in [4.78, 5) is 2.53. The number of nitrogens with one attached hydrogen (secondary N) is 1. The zero-order valence-corrected chi connectivity index (χ0v) is 18.5. The van der Waals surface area contributed by atoms with Crippen LogP contribution in [0, 0.1) is 5.92 Å². The molecule has 0 spiro atoms. The zero-order valence-electron chi connectivity index (χ0n) is 18.5. The van der Waals surface area contributed by atoms with Crippen molar-refractivity contribution in [1.29, 1.82) is 0 Å². The highest BCUT2D eigenvalue weighted by Gasteiger charge is 2.35. The molecule has 0 aromatic heterocycles. The summed E-state index contributed by atoms with van der Waals surface area (Å²) in [5.74, 6) is 1.33. The molecule has 0 bridgehead atoms. The van der Waals surface area contributed by atoms with Crippen LogP contribution in [0.5, 0.6) is 17.2 Å². The smallest absolute Gasteiger partial charge is 0.161 e. The maximum absolute atomic E-state index is 10.5. The molecule has 0 radical (unpaired) electrons. The van der Waals surface area contributed by atoms with Crippen molar-refractivity contribution in [3.63, 3.8) is 0 Å². The maximum atomic E-state index is 10.5. The number of hydrogen-bond acceptors (Lipinski definition) is 6. The Bertz CT molecular complexity index is 863. The van der Waals surface area contributed by atoms with Gasteiger partial charge in [0.05, 0.1) is 19.3 Å². The minimum Gasteiger partial charge on any atom is -0.504 e. The van der Waals surface area contributed by atoms with Gasteiger partial charge in [-0.05, 0) is 74.6 Å². The van der Waals surface area contributed by atoms with Crippen LogP contribution in [0.1, 0.15) is 35.6 Å². The third kappa shape index (κ3) is 4.97. The molecule has 2 aromatic rings. The Morgan fingerprint density at radius 1 is 1.10 bits per heavy atom. The van der Waals surface area contributed by atoms with Gasteiger partial charge in [-0.15, -0.1) is 0 Å². The molecule has 0 saturated carbocycles. The van der Waals surface area contributed by atoms with E-state index in [1.165, 1.54) is 5.56 Å². The van der Waals surface area contributed by atoms with Crippen molar-refractivity contribution in [3.8, 4) is 17.2 Å². The number of aromatic hydroxyl groups is 2. The van der Waals surface area contributed by atoms with Crippen LogP contribution in [0.4, 0.5) is 0 Å². The predicted octanol–water partition coefficient (Wildman–Crippen LogP) is 3.26. The van der Waals surface area contributed by atoms with Crippen molar-refractivity contribution >= 4 is 0 Å². The van der Waals surface area contributed by atoms with Crippen LogP contribution in [0.3, 0.4) is 0 Å². The van der Waals surface area contributed by atoms with Gasteiger partial charge in [-0.25, -0.2) is 0 Å². The highest BCUT2D eigenvalue weighted by molar-refractivity contribution is 5.51. The summed E-state index contributed by atoms with van der Waals surface area (Å²) in [7, 11) is 3.60. The molecule has 31 heavy (non-hydrogen) atoms. The Balaban J connectivity index is 1.34. The van der Waals surface area contributed by atoms with Gasteiger partial charge in [-0.2, -0.15) is 0 Å². The first-order valence-electron chi connectivity index (χ1n) is 11.3. The van der Waals surface area contributed by atoms with E-state index in [9.17, 15) is 10.2 Å². The number of methoxy groups -OCH3 is 1. The number of piperidine rings is 1. The molecular weight excluding hydrogens is 392 g/mol. The molecular formula is C25H34N2O4. The second-order valence-corrected chi connectivity index (χ2v) is 8.70. The first-order valence-corrected chi connectivity index (χ1v) is 11.3. The van der Waals surface area contributed by atoms with Crippen molar-refractivity contribution in [2.24, 2.45) is 5.92 Å². The van der Waals surface area contributed by atoms with Crippen LogP contribution >= 0.6 is 0 Å². The van der Waals surface area contributed by atoms with Gasteiger partial charge in [0.2, 0.25) is 0 Å². The first-order chi connectivity index (χ1) is 15.1. The van der Waals surface area contributed by atoms with Crippen LogP contribution in [-0.4, -0.2) is 61.6 Å². The molecule has 2 aliphatic heterocycles. The van der Waals surface area contributed by atoms with Crippen LogP contribution in [0.2, 0.25) is 0 Å². The van der Waals surface area contributed by atoms with Crippen molar-refractivity contribution < 1.29 is 19.7 Å². The molecule has 1 fully saturated rings. The first kappa shape index (κ1) is 21.9. The summed E-state index contributed by atoms with van der Waals surface area (Å²) < 4.78 is 11.7. The Morgan fingerprint density at radius 3 is 2.52 bits per heavy atom. The van der Waals surface area contributed by atoms with E-state index in [-0.39, 0.29) is 23.7 Å². The Kier molecular flexibility index (Phi) is 7.00. The minimum absolute atomic E-state index is 0.0174. The lowest BCUT2D eigenvalue weighted by Gasteiger charge is -2.40. The molecule has 0 aliphatic carbocycles. The van der Waals surface area contributed by atoms with Gasteiger partial charge in [0.15, 0.2) is 11.5 Å². The number of fused-ring (bicyclic) bond motifs is 1. The Morgan fingerprint density at radius 2 is 1.84 bits per heavy atom. The molecule has 6 heteroatoms. The van der Waals surface area contributed by atoms with Gasteiger partial charge in [-0.1, -0.05) is 18.2 Å². The Hall–Kier alpha value is -2.28. The number of ether oxygens (including phenoxy) is 2. The fourth-order valence-electron chi connectivity index (χ4n) is 4.94. The van der Waals surface area contributed by atoms with Crippen LogP contribution < -0.4 is 10.1 Å². The van der Waals surface area contributed by atoms with E-state index in [0.717, 1.165) is 55.8 Å². The lowest BCUT2D eigenvalue weighted by Crippen LogP contribution is -2.42. The molecule has 1 saturated heterocycles. The van der Waals surface area contributed by atoms with Crippen LogP contribution in [0.25, 0.3) is 0 Å². The predicted molar refractivity (Wildman–Crippen MR) is 121 cm³/mol. The molecule has 168 valence electrons. The second kappa shape index (κ2) is 9.90. The number of hydrogen-bond donors (Lipinski definition) is 3. The van der Waals surface area contributed by atoms with E-state index in [4.69, 9.17) is 9.47 Å². The van der Waals surface area contributed by atoms with E-state index < -0.39 is 0 Å². The maximum Gasteiger partial charge on any atom is 0.161 e. The average Bonchev–Trinajstić information content (AvgIpc) is 2.81. The minimum atomic E-state index is -0.0987. The number of phenols is 2. The van der Waals surface area contributed by atoms with Gasteiger partial charge in [-0.3, -0.25) is 0 Å². The van der Waals surface area contributed by atoms with Crippen LogP contribution in [0.15, 0.2) is 36.4 Å². The van der Waals surface area contributed by atoms with Gasteiger partial charge in [0.25, 0.3) is 0 Å². The summed E-state index contributed by atoms with van der Waals surface area (Å²) in [6.45, 7) is 3.88. The fourth-order valence-corrected chi connectivity index (χ4v) is 4.94. The average molecular weight is 427 g/mol. The number of nitrogens with zero attached hydrogens (tertiary/aromatic N) is 1. The molecule has 2 atom stereocenters. The molecule has 2 aliphatic rings. The summed E-state index contributed by atoms with van der Waals surface area (Å²) in [5, 5.41) is 23.6. The monoisotopic (exact) mass is 426 g/mol. The van der Waals surface area contributed by atoms with Crippen molar-refractivity contribution in [3.05, 3.63) is 53.1 Å². The third-order valence-corrected chi connectivity index (χ3v) is 6.81. The largest absolute Gasteiger partial charge is 0.504 e. The summed E-state index contributed by atoms with van der Waals surface area (Å²) in [5.41, 5.74) is 3.16. The lowest BCUT2D eigenvalue weighted by molar-refractivity contribution is -0.0670. The number of likely N-dealkylation sites (N-methyl/N-ethyl adjacent to an activating group) is 1. The highest BCUT2D eigenvalue weighted by Crippen LogP contribution is 2.42. The van der Waals surface area contributed by atoms with Gasteiger partial charge in [0.1, 0.15) is 5.75 Å². The molecule has 6 nitrogen and oxygen atoms in total. The summed E-state index contributed by atoms with van der Waals surface area (Å²) in [6.07, 6.45) is 3.86. The second-order valence-electron chi connectivity index (χ2n) is 8.70. The van der Waals surface area contributed by atoms with E-state index in [2.05, 4.69) is 22.3 Å². The normalized spacial score (nSPS) is 22.3. The quantitative estimate of drug-likeness (QED) is 0.590. The van der Waals surface area contributed by atoms with Gasteiger partial charge in [0, 0.05) is 25.1 Å². The zero-order chi connectivity index (χ0) is 21.8.